The van der Waals surface area contributed by atoms with Gasteiger partial charge in [-0.3, -0.25) is 0 Å². The maximum absolute atomic E-state index is 10.9. The van der Waals surface area contributed by atoms with Crippen LogP contribution in [0.4, 0.5) is 5.95 Å². The van der Waals surface area contributed by atoms with E-state index in [0.717, 1.165) is 0 Å². The Bertz CT molecular complexity index is 524. The summed E-state index contributed by atoms with van der Waals surface area (Å²) < 4.78 is 14.0. The first kappa shape index (κ1) is 23.1. The normalized spacial score (nSPS) is 12.1. The fourth-order valence-corrected chi connectivity index (χ4v) is 17.6. The van der Waals surface area contributed by atoms with Crippen molar-refractivity contribution in [2.45, 2.75) is 79.3 Å². The molecular weight excluding hydrogens is 437 g/mol. The van der Waals surface area contributed by atoms with Crippen molar-refractivity contribution in [2.24, 2.45) is 0 Å². The third kappa shape index (κ3) is 8.20. The van der Waals surface area contributed by atoms with Gasteiger partial charge >= 0.3 is 162 Å². The third-order valence-corrected chi connectivity index (χ3v) is 19.1. The number of hydrogen-bond donors (Lipinski definition) is 0. The van der Waals surface area contributed by atoms with Crippen molar-refractivity contribution in [3.8, 4) is 0 Å². The standard InChI is InChI=1S/C7H8N3O3.3C4H9.Sn/c1-2-5-13-6-9-4-3-8-7(9)10(11)12;3*1-3-4-2;/h1-4H,5-6H2;3*1,3-4H2,2H3;. The van der Waals surface area contributed by atoms with Crippen LogP contribution in [0.5, 0.6) is 0 Å². The molecular formula is C19H35N3O3Sn. The molecule has 0 aliphatic carbocycles. The van der Waals surface area contributed by atoms with Crippen LogP contribution in [0.1, 0.15) is 59.3 Å². The molecule has 1 aromatic heterocycles. The molecule has 0 bridgehead atoms. The van der Waals surface area contributed by atoms with Crippen molar-refractivity contribution in [1.82, 2.24) is 9.55 Å². The van der Waals surface area contributed by atoms with E-state index in [4.69, 9.17) is 4.74 Å². The van der Waals surface area contributed by atoms with E-state index in [0.29, 0.717) is 6.61 Å². The van der Waals surface area contributed by atoms with Crippen LogP contribution in [0.3, 0.4) is 0 Å². The van der Waals surface area contributed by atoms with Gasteiger partial charge in [0.1, 0.15) is 0 Å². The minimum atomic E-state index is -2.24. The second-order valence-corrected chi connectivity index (χ2v) is 20.0. The van der Waals surface area contributed by atoms with Crippen molar-refractivity contribution < 1.29 is 9.66 Å². The Balaban J connectivity index is 2.63. The van der Waals surface area contributed by atoms with Crippen molar-refractivity contribution >= 4 is 24.3 Å². The number of unbranched alkanes of at least 4 members (excludes halogenated alkanes) is 3. The van der Waals surface area contributed by atoms with Crippen molar-refractivity contribution in [3.63, 3.8) is 0 Å². The Morgan fingerprint density at radius 3 is 2.23 bits per heavy atom. The van der Waals surface area contributed by atoms with E-state index < -0.39 is 23.3 Å². The van der Waals surface area contributed by atoms with E-state index in [1.165, 1.54) is 62.6 Å². The molecule has 0 aliphatic heterocycles. The zero-order valence-electron chi connectivity index (χ0n) is 16.7. The number of imidazole rings is 1. The van der Waals surface area contributed by atoms with Crippen molar-refractivity contribution in [1.29, 1.82) is 0 Å². The average molecular weight is 472 g/mol. The van der Waals surface area contributed by atoms with Crippen LogP contribution in [-0.2, 0) is 11.5 Å². The maximum atomic E-state index is 10.9. The fraction of sp³-hybridized carbons (Fsp3) is 0.737. The molecule has 0 atom stereocenters. The van der Waals surface area contributed by atoms with E-state index >= 15 is 0 Å². The van der Waals surface area contributed by atoms with Gasteiger partial charge in [-0.2, -0.15) is 0 Å². The second kappa shape index (κ2) is 13.3. The van der Waals surface area contributed by atoms with Crippen LogP contribution in [0.2, 0.25) is 13.3 Å². The molecule has 1 rings (SSSR count). The molecule has 0 saturated carbocycles. The number of nitrogens with zero attached hydrogens (tertiary/aromatic N) is 3. The molecule has 0 aromatic carbocycles. The van der Waals surface area contributed by atoms with Gasteiger partial charge in [-0.25, -0.2) is 0 Å². The van der Waals surface area contributed by atoms with Crippen LogP contribution in [0.15, 0.2) is 22.6 Å². The summed E-state index contributed by atoms with van der Waals surface area (Å²) in [7, 11) is 0. The van der Waals surface area contributed by atoms with Crippen LogP contribution in [0.25, 0.3) is 0 Å². The Morgan fingerprint density at radius 1 is 1.15 bits per heavy atom. The summed E-state index contributed by atoms with van der Waals surface area (Å²) in [6.45, 7) is 7.52. The SMILES string of the molecule is CCC[CH2][Sn](/[CH]=C/COCn1ccnc1[N+](=O)[O-])([CH2]CCC)[CH2]CCC. The van der Waals surface area contributed by atoms with Crippen LogP contribution >= 0.6 is 0 Å². The molecule has 1 aromatic rings. The predicted molar refractivity (Wildman–Crippen MR) is 109 cm³/mol. The molecule has 0 spiro atoms. The monoisotopic (exact) mass is 473 g/mol. The molecule has 0 N–H and O–H groups in total. The fourth-order valence-electron chi connectivity index (χ4n) is 3.30. The number of nitro groups is 1. The first-order valence-corrected chi connectivity index (χ1v) is 17.7. The Kier molecular flexibility index (Phi) is 11.8. The van der Waals surface area contributed by atoms with Crippen LogP contribution in [-0.4, -0.2) is 39.5 Å². The minimum absolute atomic E-state index is 0.169. The number of rotatable bonds is 15. The van der Waals surface area contributed by atoms with E-state index in [9.17, 15) is 10.1 Å². The summed E-state index contributed by atoms with van der Waals surface area (Å²) in [6, 6.07) is 0. The first-order valence-electron chi connectivity index (χ1n) is 9.99. The molecule has 7 heteroatoms. The molecule has 26 heavy (non-hydrogen) atoms. The topological polar surface area (TPSA) is 70.2 Å². The van der Waals surface area contributed by atoms with Gasteiger partial charge < -0.3 is 0 Å². The molecule has 0 saturated heterocycles. The summed E-state index contributed by atoms with van der Waals surface area (Å²) in [6.07, 6.45) is 13.0. The number of aromatic nitrogens is 2. The second-order valence-electron chi connectivity index (χ2n) is 7.03. The predicted octanol–water partition coefficient (Wildman–Crippen LogP) is 5.71. The zero-order chi connectivity index (χ0) is 19.3. The van der Waals surface area contributed by atoms with Gasteiger partial charge in [0.25, 0.3) is 0 Å². The molecule has 1 heterocycles. The van der Waals surface area contributed by atoms with Gasteiger partial charge in [-0.1, -0.05) is 0 Å². The van der Waals surface area contributed by atoms with Gasteiger partial charge in [0.15, 0.2) is 0 Å². The quantitative estimate of drug-likeness (QED) is 0.142. The van der Waals surface area contributed by atoms with Gasteiger partial charge in [-0.15, -0.1) is 0 Å². The zero-order valence-corrected chi connectivity index (χ0v) is 19.5. The molecule has 0 unspecified atom stereocenters. The Labute approximate surface area is 162 Å². The van der Waals surface area contributed by atoms with Gasteiger partial charge in [0, 0.05) is 0 Å². The Morgan fingerprint density at radius 2 is 1.73 bits per heavy atom. The van der Waals surface area contributed by atoms with Crippen molar-refractivity contribution in [2.75, 3.05) is 6.61 Å². The number of ether oxygens (including phenoxy) is 1. The Hall–Kier alpha value is -0.891. The molecule has 148 valence electrons. The average Bonchev–Trinajstić information content (AvgIpc) is 3.11. The van der Waals surface area contributed by atoms with Gasteiger partial charge in [-0.05, 0) is 0 Å². The summed E-state index contributed by atoms with van der Waals surface area (Å²) >= 11 is -2.24. The molecule has 0 amide bonds. The summed E-state index contributed by atoms with van der Waals surface area (Å²) in [5.41, 5.74) is 0. The third-order valence-electron chi connectivity index (χ3n) is 4.86. The van der Waals surface area contributed by atoms with Crippen LogP contribution in [0, 0.1) is 10.1 Å². The number of hydrogen-bond acceptors (Lipinski definition) is 4. The first-order chi connectivity index (χ1) is 12.6. The van der Waals surface area contributed by atoms with Gasteiger partial charge in [0.2, 0.25) is 0 Å². The van der Waals surface area contributed by atoms with E-state index in [-0.39, 0.29) is 12.7 Å². The van der Waals surface area contributed by atoms with Crippen LogP contribution < -0.4 is 0 Å². The van der Waals surface area contributed by atoms with Gasteiger partial charge in [0.05, 0.1) is 0 Å². The van der Waals surface area contributed by atoms with E-state index in [1.54, 1.807) is 6.20 Å². The summed E-state index contributed by atoms with van der Waals surface area (Å²) in [5, 5.41) is 10.9. The molecule has 0 aliphatic rings. The van der Waals surface area contributed by atoms with E-state index in [2.05, 4.69) is 35.9 Å². The molecule has 6 nitrogen and oxygen atoms in total. The molecule has 0 fully saturated rings. The summed E-state index contributed by atoms with van der Waals surface area (Å²) in [4.78, 5) is 14.1. The molecule has 0 radical (unpaired) electrons. The van der Waals surface area contributed by atoms with Crippen molar-refractivity contribution in [3.05, 3.63) is 32.7 Å². The summed E-state index contributed by atoms with van der Waals surface area (Å²) in [5.74, 6) is -0.170. The van der Waals surface area contributed by atoms with E-state index in [1.807, 2.05) is 0 Å².